The topological polar surface area (TPSA) is 0 Å². The van der Waals surface area contributed by atoms with Crippen LogP contribution in [0, 0.1) is 0 Å². The van der Waals surface area contributed by atoms with Crippen molar-refractivity contribution in [3.05, 3.63) is 0 Å². The fourth-order valence-corrected chi connectivity index (χ4v) is 3.77. The predicted molar refractivity (Wildman–Crippen MR) is 67.7 cm³/mol. The van der Waals surface area contributed by atoms with Crippen LogP contribution >= 0.6 is 30.6 Å². The highest BCUT2D eigenvalue weighted by Gasteiger charge is 2.17. The average molecular weight is 316 g/mol. The van der Waals surface area contributed by atoms with Gasteiger partial charge in [-0.05, 0) is 6.04 Å². The smallest absolute Gasteiger partial charge is 0.111 e. The van der Waals surface area contributed by atoms with E-state index in [1.54, 1.807) is 0 Å². The van der Waals surface area contributed by atoms with Gasteiger partial charge in [0.2, 0.25) is 0 Å². The second-order valence-corrected chi connectivity index (χ2v) is 19.9. The number of unbranched alkanes of at least 4 members (excludes halogenated alkanes) is 5. The lowest BCUT2D eigenvalue weighted by Crippen LogP contribution is -2.09. The summed E-state index contributed by atoms with van der Waals surface area (Å²) in [4.78, 5) is 0. The number of hydrogen-bond donors (Lipinski definition) is 0. The lowest BCUT2D eigenvalue weighted by molar-refractivity contribution is 0.624. The van der Waals surface area contributed by atoms with E-state index >= 15 is 0 Å². The van der Waals surface area contributed by atoms with E-state index in [1.807, 2.05) is 0 Å². The molecule has 74 valence electrons. The van der Waals surface area contributed by atoms with Crippen LogP contribution in [0.3, 0.4) is 0 Å². The third-order valence-electron chi connectivity index (χ3n) is 1.97. The molecule has 0 fully saturated rings. The van der Waals surface area contributed by atoms with Crippen molar-refractivity contribution in [1.29, 1.82) is 0 Å². The Kier molecular flexibility index (Phi) is 8.31. The first kappa shape index (κ1) is 13.2. The molecular formula is C9H20Br2Si. The summed E-state index contributed by atoms with van der Waals surface area (Å²) in [5.74, 6) is 0. The molecule has 0 aromatic carbocycles. The van der Waals surface area contributed by atoms with Crippen LogP contribution < -0.4 is 0 Å². The van der Waals surface area contributed by atoms with Crippen LogP contribution in [-0.2, 0) is 0 Å². The quantitative estimate of drug-likeness (QED) is 0.344. The van der Waals surface area contributed by atoms with Gasteiger partial charge in [-0.25, -0.2) is 0 Å². The molecule has 0 spiro atoms. The van der Waals surface area contributed by atoms with Crippen LogP contribution in [-0.4, -0.2) is 5.31 Å². The maximum atomic E-state index is 3.72. The van der Waals surface area contributed by atoms with Gasteiger partial charge in [0.05, 0.1) is 0 Å². The third-order valence-corrected chi connectivity index (χ3v) is 5.58. The van der Waals surface area contributed by atoms with E-state index in [9.17, 15) is 0 Å². The molecule has 0 radical (unpaired) electrons. The first-order valence-electron chi connectivity index (χ1n) is 4.94. The Morgan fingerprint density at radius 2 is 1.42 bits per heavy atom. The SMILES string of the molecule is CCCCCCCC[Si](C)(Br)Br. The maximum Gasteiger partial charge on any atom is 0.198 e. The maximum absolute atomic E-state index is 3.72. The summed E-state index contributed by atoms with van der Waals surface area (Å²) in [6.45, 7) is 4.57. The number of rotatable bonds is 7. The molecule has 3 heteroatoms. The van der Waals surface area contributed by atoms with Gasteiger partial charge in [0.1, 0.15) is 0 Å². The summed E-state index contributed by atoms with van der Waals surface area (Å²) in [5, 5.41) is -1.10. The molecule has 0 saturated carbocycles. The summed E-state index contributed by atoms with van der Waals surface area (Å²) in [6, 6.07) is 1.36. The Morgan fingerprint density at radius 3 is 1.92 bits per heavy atom. The average Bonchev–Trinajstić information content (AvgIpc) is 1.94. The summed E-state index contributed by atoms with van der Waals surface area (Å²) >= 11 is 7.43. The van der Waals surface area contributed by atoms with Crippen molar-refractivity contribution in [2.24, 2.45) is 0 Å². The molecule has 0 nitrogen and oxygen atoms in total. The van der Waals surface area contributed by atoms with Crippen molar-refractivity contribution < 1.29 is 0 Å². The fourth-order valence-electron chi connectivity index (χ4n) is 1.22. The van der Waals surface area contributed by atoms with Gasteiger partial charge in [0, 0.05) is 0 Å². The molecule has 0 aliphatic carbocycles. The van der Waals surface area contributed by atoms with Gasteiger partial charge in [-0.15, -0.1) is 30.6 Å². The lowest BCUT2D eigenvalue weighted by atomic mass is 10.1. The van der Waals surface area contributed by atoms with Crippen LogP contribution in [0.15, 0.2) is 0 Å². The summed E-state index contributed by atoms with van der Waals surface area (Å²) in [7, 11) is 0. The van der Waals surface area contributed by atoms with Gasteiger partial charge >= 0.3 is 0 Å². The van der Waals surface area contributed by atoms with Gasteiger partial charge < -0.3 is 0 Å². The number of hydrogen-bond acceptors (Lipinski definition) is 0. The molecule has 0 bridgehead atoms. The number of halogens is 2. The first-order chi connectivity index (χ1) is 5.56. The van der Waals surface area contributed by atoms with Crippen molar-refractivity contribution in [3.63, 3.8) is 0 Å². The summed E-state index contributed by atoms with van der Waals surface area (Å²) < 4.78 is 0. The Hall–Kier alpha value is 1.18. The first-order valence-corrected chi connectivity index (χ1v) is 12.2. The molecule has 0 amide bonds. The molecule has 0 N–H and O–H groups in total. The Morgan fingerprint density at radius 1 is 0.917 bits per heavy atom. The molecule has 0 aliphatic rings. The van der Waals surface area contributed by atoms with Crippen molar-refractivity contribution in [2.45, 2.75) is 58.0 Å². The zero-order valence-corrected chi connectivity index (χ0v) is 12.4. The molecule has 0 aromatic rings. The van der Waals surface area contributed by atoms with Gasteiger partial charge in [-0.1, -0.05) is 52.0 Å². The van der Waals surface area contributed by atoms with E-state index in [0.29, 0.717) is 0 Å². The summed E-state index contributed by atoms with van der Waals surface area (Å²) in [6.07, 6.45) is 8.43. The van der Waals surface area contributed by atoms with Crippen molar-refractivity contribution >= 4 is 35.9 Å². The summed E-state index contributed by atoms with van der Waals surface area (Å²) in [5.41, 5.74) is 0. The zero-order valence-electron chi connectivity index (χ0n) is 8.21. The molecule has 12 heavy (non-hydrogen) atoms. The molecule has 0 rings (SSSR count). The third kappa shape index (κ3) is 11.2. The monoisotopic (exact) mass is 314 g/mol. The van der Waals surface area contributed by atoms with Crippen molar-refractivity contribution in [1.82, 2.24) is 0 Å². The fraction of sp³-hybridized carbons (Fsp3) is 1.00. The minimum Gasteiger partial charge on any atom is -0.111 e. The van der Waals surface area contributed by atoms with Gasteiger partial charge in [-0.3, -0.25) is 0 Å². The second kappa shape index (κ2) is 7.57. The molecule has 0 aromatic heterocycles. The van der Waals surface area contributed by atoms with Crippen LogP contribution in [0.1, 0.15) is 45.4 Å². The normalized spacial score (nSPS) is 12.0. The van der Waals surface area contributed by atoms with Gasteiger partial charge in [0.15, 0.2) is 5.31 Å². The Balaban J connectivity index is 3.01. The van der Waals surface area contributed by atoms with E-state index in [4.69, 9.17) is 0 Å². The highest BCUT2D eigenvalue weighted by molar-refractivity contribution is 9.51. The standard InChI is InChI=1S/C9H20Br2Si/c1-3-4-5-6-7-8-9-12(2,10)11/h3-9H2,1-2H3. The van der Waals surface area contributed by atoms with Crippen LogP contribution in [0.4, 0.5) is 0 Å². The zero-order chi connectivity index (χ0) is 9.45. The molecule has 0 atom stereocenters. The largest absolute Gasteiger partial charge is 0.198 e. The predicted octanol–water partition coefficient (Wildman–Crippen LogP) is 5.21. The van der Waals surface area contributed by atoms with E-state index in [-0.39, 0.29) is 0 Å². The van der Waals surface area contributed by atoms with Gasteiger partial charge in [-0.2, -0.15) is 0 Å². The van der Waals surface area contributed by atoms with Gasteiger partial charge in [0.25, 0.3) is 0 Å². The van der Waals surface area contributed by atoms with Crippen LogP contribution in [0.2, 0.25) is 12.6 Å². The van der Waals surface area contributed by atoms with Crippen LogP contribution in [0.5, 0.6) is 0 Å². The highest BCUT2D eigenvalue weighted by atomic mass is 79.9. The Labute approximate surface area is 93.7 Å². The Bertz CT molecular complexity index is 99.2. The molecular weight excluding hydrogens is 296 g/mol. The molecule has 0 aliphatic heterocycles. The highest BCUT2D eigenvalue weighted by Crippen LogP contribution is 2.27. The van der Waals surface area contributed by atoms with E-state index in [2.05, 4.69) is 44.1 Å². The van der Waals surface area contributed by atoms with E-state index in [0.717, 1.165) is 0 Å². The van der Waals surface area contributed by atoms with Crippen molar-refractivity contribution in [2.75, 3.05) is 0 Å². The van der Waals surface area contributed by atoms with Crippen LogP contribution in [0.25, 0.3) is 0 Å². The van der Waals surface area contributed by atoms with E-state index < -0.39 is 5.31 Å². The van der Waals surface area contributed by atoms with E-state index in [1.165, 1.54) is 44.6 Å². The minimum absolute atomic E-state index is 1.10. The molecule has 0 saturated heterocycles. The lowest BCUT2D eigenvalue weighted by Gasteiger charge is -2.09. The second-order valence-electron chi connectivity index (χ2n) is 3.59. The molecule has 0 unspecified atom stereocenters. The minimum atomic E-state index is -1.10. The van der Waals surface area contributed by atoms with Crippen molar-refractivity contribution in [3.8, 4) is 0 Å². The molecule has 0 heterocycles.